The number of aldehydes is 1. The molecule has 29 heavy (non-hydrogen) atoms. The minimum atomic E-state index is -4.68. The van der Waals surface area contributed by atoms with Gasteiger partial charge in [0.15, 0.2) is 18.1 Å². The normalized spacial score (nSPS) is 16.7. The van der Waals surface area contributed by atoms with Gasteiger partial charge in [-0.3, -0.25) is 9.69 Å². The fraction of sp³-hybridized carbons (Fsp3) is 0.474. The lowest BCUT2D eigenvalue weighted by Crippen LogP contribution is -2.49. The Bertz CT molecular complexity index is 892. The number of hydrogen-bond acceptors (Lipinski definition) is 5. The molecule has 2 aromatic rings. The SMILES string of the molecule is COc1ccc(C)c(N2CCN(C(C=O)n3nc(C(F)(F)F)c(Cl)c3C)CC2)c1. The molecule has 158 valence electrons. The van der Waals surface area contributed by atoms with Crippen LogP contribution in [0.4, 0.5) is 18.9 Å². The van der Waals surface area contributed by atoms with Crippen molar-refractivity contribution >= 4 is 23.6 Å². The number of methoxy groups -OCH3 is 1. The molecule has 1 aromatic heterocycles. The number of hydrogen-bond donors (Lipinski definition) is 0. The van der Waals surface area contributed by atoms with Crippen molar-refractivity contribution in [2.24, 2.45) is 0 Å². The van der Waals surface area contributed by atoms with Gasteiger partial charge < -0.3 is 9.64 Å². The number of aryl methyl sites for hydroxylation is 1. The first-order valence-electron chi connectivity index (χ1n) is 9.08. The summed E-state index contributed by atoms with van der Waals surface area (Å²) in [6.45, 7) is 5.62. The molecule has 0 bridgehead atoms. The molecular weight excluding hydrogens is 409 g/mol. The van der Waals surface area contributed by atoms with E-state index in [0.717, 1.165) is 21.7 Å². The van der Waals surface area contributed by atoms with Crippen molar-refractivity contribution in [1.82, 2.24) is 14.7 Å². The predicted molar refractivity (Wildman–Crippen MR) is 104 cm³/mol. The Hall–Kier alpha value is -2.26. The first kappa shape index (κ1) is 21.4. The summed E-state index contributed by atoms with van der Waals surface area (Å²) >= 11 is 5.83. The number of rotatable bonds is 5. The number of piperazine rings is 1. The maximum Gasteiger partial charge on any atom is 0.436 e. The van der Waals surface area contributed by atoms with Gasteiger partial charge in [0.05, 0.1) is 17.8 Å². The number of aromatic nitrogens is 2. The lowest BCUT2D eigenvalue weighted by atomic mass is 10.1. The molecule has 1 saturated heterocycles. The third-order valence-corrected chi connectivity index (χ3v) is 5.62. The molecule has 1 aliphatic rings. The molecular formula is C19H22ClF3N4O2. The van der Waals surface area contributed by atoms with Crippen LogP contribution in [0.2, 0.25) is 5.02 Å². The number of carbonyl (C=O) groups excluding carboxylic acids is 1. The van der Waals surface area contributed by atoms with E-state index in [1.165, 1.54) is 6.92 Å². The Kier molecular flexibility index (Phi) is 6.09. The van der Waals surface area contributed by atoms with Crippen molar-refractivity contribution in [3.63, 3.8) is 0 Å². The van der Waals surface area contributed by atoms with Crippen LogP contribution in [-0.2, 0) is 11.0 Å². The van der Waals surface area contributed by atoms with Crippen molar-refractivity contribution in [3.05, 3.63) is 40.2 Å². The van der Waals surface area contributed by atoms with Crippen LogP contribution in [0.25, 0.3) is 0 Å². The quantitative estimate of drug-likeness (QED) is 0.677. The molecule has 1 fully saturated rings. The Morgan fingerprint density at radius 3 is 2.38 bits per heavy atom. The first-order valence-corrected chi connectivity index (χ1v) is 9.46. The van der Waals surface area contributed by atoms with E-state index in [0.29, 0.717) is 32.5 Å². The molecule has 3 rings (SSSR count). The Morgan fingerprint density at radius 2 is 1.86 bits per heavy atom. The number of anilines is 1. The van der Waals surface area contributed by atoms with Gasteiger partial charge >= 0.3 is 6.18 Å². The Morgan fingerprint density at radius 1 is 1.21 bits per heavy atom. The molecule has 10 heteroatoms. The Labute approximate surface area is 171 Å². The standard InChI is InChI=1S/C19H22ClF3N4O2/c1-12-4-5-14(29-3)10-15(12)25-6-8-26(9-7-25)16(11-28)27-13(2)17(20)18(24-27)19(21,22)23/h4-5,10-11,16H,6-9H2,1-3H3. The van der Waals surface area contributed by atoms with E-state index >= 15 is 0 Å². The van der Waals surface area contributed by atoms with Gasteiger partial charge in [-0.25, -0.2) is 4.68 Å². The summed E-state index contributed by atoms with van der Waals surface area (Å²) in [6.07, 6.45) is -5.02. The highest BCUT2D eigenvalue weighted by molar-refractivity contribution is 6.32. The summed E-state index contributed by atoms with van der Waals surface area (Å²) in [5.74, 6) is 0.750. The van der Waals surface area contributed by atoms with Gasteiger partial charge in [0.2, 0.25) is 0 Å². The summed E-state index contributed by atoms with van der Waals surface area (Å²) in [7, 11) is 1.60. The number of nitrogens with zero attached hydrogens (tertiary/aromatic N) is 4. The predicted octanol–water partition coefficient (Wildman–Crippen LogP) is 3.70. The molecule has 0 N–H and O–H groups in total. The maximum atomic E-state index is 13.1. The first-order chi connectivity index (χ1) is 13.7. The van der Waals surface area contributed by atoms with E-state index in [9.17, 15) is 18.0 Å². The number of benzene rings is 1. The van der Waals surface area contributed by atoms with Crippen molar-refractivity contribution in [3.8, 4) is 5.75 Å². The van der Waals surface area contributed by atoms with Crippen LogP contribution in [0.5, 0.6) is 5.75 Å². The van der Waals surface area contributed by atoms with E-state index in [-0.39, 0.29) is 5.69 Å². The number of alkyl halides is 3. The topological polar surface area (TPSA) is 50.6 Å². The summed E-state index contributed by atoms with van der Waals surface area (Å²) in [6, 6.07) is 5.82. The van der Waals surface area contributed by atoms with E-state index in [2.05, 4.69) is 10.00 Å². The van der Waals surface area contributed by atoms with Crippen LogP contribution in [-0.4, -0.2) is 54.3 Å². The molecule has 6 nitrogen and oxygen atoms in total. The van der Waals surface area contributed by atoms with Crippen LogP contribution in [0.1, 0.15) is 23.1 Å². The second kappa shape index (κ2) is 8.23. The number of carbonyl (C=O) groups is 1. The highest BCUT2D eigenvalue weighted by Crippen LogP contribution is 2.36. The van der Waals surface area contributed by atoms with E-state index in [1.54, 1.807) is 12.0 Å². The van der Waals surface area contributed by atoms with Crippen LogP contribution in [0.15, 0.2) is 18.2 Å². The fourth-order valence-electron chi connectivity index (χ4n) is 3.52. The van der Waals surface area contributed by atoms with Gasteiger partial charge in [0, 0.05) is 37.9 Å². The fourth-order valence-corrected chi connectivity index (χ4v) is 3.75. The van der Waals surface area contributed by atoms with E-state index in [4.69, 9.17) is 16.3 Å². The summed E-state index contributed by atoms with van der Waals surface area (Å²) in [5.41, 5.74) is 1.07. The zero-order chi connectivity index (χ0) is 21.3. The van der Waals surface area contributed by atoms with Crippen LogP contribution in [0.3, 0.4) is 0 Å². The highest BCUT2D eigenvalue weighted by atomic mass is 35.5. The molecule has 0 amide bonds. The number of halogens is 4. The van der Waals surface area contributed by atoms with Gasteiger partial charge in [-0.15, -0.1) is 0 Å². The zero-order valence-corrected chi connectivity index (χ0v) is 17.1. The molecule has 0 spiro atoms. The molecule has 2 heterocycles. The van der Waals surface area contributed by atoms with E-state index < -0.39 is 23.1 Å². The smallest absolute Gasteiger partial charge is 0.436 e. The lowest BCUT2D eigenvalue weighted by Gasteiger charge is -2.39. The van der Waals surface area contributed by atoms with Gasteiger partial charge in [-0.2, -0.15) is 18.3 Å². The van der Waals surface area contributed by atoms with Crippen molar-refractivity contribution in [2.75, 3.05) is 38.2 Å². The minimum absolute atomic E-state index is 0.113. The van der Waals surface area contributed by atoms with Gasteiger partial charge in [-0.1, -0.05) is 17.7 Å². The monoisotopic (exact) mass is 430 g/mol. The molecule has 0 saturated carbocycles. The second-order valence-corrected chi connectivity index (χ2v) is 7.29. The van der Waals surface area contributed by atoms with Crippen molar-refractivity contribution in [1.29, 1.82) is 0 Å². The zero-order valence-electron chi connectivity index (χ0n) is 16.3. The lowest BCUT2D eigenvalue weighted by molar-refractivity contribution is -0.142. The average Bonchev–Trinajstić information content (AvgIpc) is 2.99. The third-order valence-electron chi connectivity index (χ3n) is 5.16. The van der Waals surface area contributed by atoms with Crippen LogP contribution >= 0.6 is 11.6 Å². The molecule has 1 atom stereocenters. The summed E-state index contributed by atoms with van der Waals surface area (Å²) in [5, 5.41) is 3.12. The Balaban J connectivity index is 1.79. The summed E-state index contributed by atoms with van der Waals surface area (Å²) < 4.78 is 45.7. The van der Waals surface area contributed by atoms with E-state index in [1.807, 2.05) is 25.1 Å². The van der Waals surface area contributed by atoms with Crippen LogP contribution in [0, 0.1) is 13.8 Å². The molecule has 1 aliphatic heterocycles. The maximum absolute atomic E-state index is 13.1. The van der Waals surface area contributed by atoms with Crippen molar-refractivity contribution in [2.45, 2.75) is 26.2 Å². The molecule has 1 unspecified atom stereocenters. The molecule has 1 aromatic carbocycles. The van der Waals surface area contributed by atoms with Gasteiger partial charge in [0.25, 0.3) is 0 Å². The van der Waals surface area contributed by atoms with Crippen LogP contribution < -0.4 is 9.64 Å². The highest BCUT2D eigenvalue weighted by Gasteiger charge is 2.39. The van der Waals surface area contributed by atoms with Gasteiger partial charge in [0.1, 0.15) is 5.75 Å². The van der Waals surface area contributed by atoms with Gasteiger partial charge in [-0.05, 0) is 25.5 Å². The second-order valence-electron chi connectivity index (χ2n) is 6.92. The summed E-state index contributed by atoms with van der Waals surface area (Å²) in [4.78, 5) is 15.7. The minimum Gasteiger partial charge on any atom is -0.497 e. The third kappa shape index (κ3) is 4.20. The van der Waals surface area contributed by atoms with Crippen molar-refractivity contribution < 1.29 is 22.7 Å². The molecule has 0 aliphatic carbocycles. The molecule has 0 radical (unpaired) electrons. The average molecular weight is 431 g/mol. The number of ether oxygens (including phenoxy) is 1. The largest absolute Gasteiger partial charge is 0.497 e.